The summed E-state index contributed by atoms with van der Waals surface area (Å²) < 4.78 is 22.3. The highest BCUT2D eigenvalue weighted by Gasteiger charge is 2.13. The number of hydrogen-bond acceptors (Lipinski definition) is 2. The van der Waals surface area contributed by atoms with Gasteiger partial charge in [0.15, 0.2) is 0 Å². The van der Waals surface area contributed by atoms with Crippen molar-refractivity contribution in [1.82, 2.24) is 9.88 Å². The molecular weight excluding hydrogens is 210 g/mol. The van der Waals surface area contributed by atoms with E-state index in [4.69, 9.17) is 9.85 Å². The van der Waals surface area contributed by atoms with Crippen LogP contribution in [0.2, 0.25) is 0 Å². The van der Waals surface area contributed by atoms with E-state index in [9.17, 15) is 0 Å². The normalized spacial score (nSPS) is 20.7. The van der Waals surface area contributed by atoms with E-state index in [1.807, 2.05) is 30.5 Å². The third-order valence-electron chi connectivity index (χ3n) is 3.26. The van der Waals surface area contributed by atoms with Crippen LogP contribution in [0.1, 0.15) is 16.1 Å². The summed E-state index contributed by atoms with van der Waals surface area (Å²) in [7, 11) is 0. The highest BCUT2D eigenvalue weighted by molar-refractivity contribution is 5.94. The monoisotopic (exact) mass is 230 g/mol. The third kappa shape index (κ3) is 1.83. The Morgan fingerprint density at radius 3 is 3.18 bits per heavy atom. The van der Waals surface area contributed by atoms with Gasteiger partial charge in [-0.05, 0) is 37.2 Å². The van der Waals surface area contributed by atoms with Gasteiger partial charge in [0.2, 0.25) is 0 Å². The van der Waals surface area contributed by atoms with Gasteiger partial charge in [-0.2, -0.15) is 0 Å². The predicted molar refractivity (Wildman–Crippen MR) is 72.8 cm³/mol. The fourth-order valence-corrected chi connectivity index (χ4v) is 2.32. The van der Waals surface area contributed by atoms with Gasteiger partial charge in [-0.15, -0.1) is 0 Å². The van der Waals surface area contributed by atoms with Crippen LogP contribution in [0, 0.1) is 0 Å². The Balaban J connectivity index is 1.93. The number of likely N-dealkylation sites (N-methyl/N-ethyl adjacent to an activating group) is 1. The molecule has 0 unspecified atom stereocenters. The number of rotatable bonds is 1. The average molecular weight is 230 g/mol. The lowest BCUT2D eigenvalue weighted by atomic mass is 9.99. The van der Waals surface area contributed by atoms with Crippen molar-refractivity contribution in [2.24, 2.45) is 0 Å². The number of aromatic amines is 1. The molecule has 88 valence electrons. The first-order chi connectivity index (χ1) is 9.45. The number of hydrogen-bond donors (Lipinski definition) is 2. The molecule has 1 aliphatic heterocycles. The molecule has 3 nitrogen and oxygen atoms in total. The van der Waals surface area contributed by atoms with E-state index in [1.54, 1.807) is 0 Å². The van der Waals surface area contributed by atoms with Crippen molar-refractivity contribution in [3.05, 3.63) is 36.0 Å². The van der Waals surface area contributed by atoms with Gasteiger partial charge in [-0.3, -0.25) is 0 Å². The lowest BCUT2D eigenvalue weighted by Gasteiger charge is -2.21. The molecule has 1 aliphatic rings. The number of nitrogens with zero attached hydrogens (tertiary/aromatic N) is 1. The number of aromatic nitrogens is 1. The maximum Gasteiger partial charge on any atom is 0.0461 e. The molecule has 1 aromatic heterocycles. The largest absolute Gasteiger partial charge is 0.399 e. The minimum Gasteiger partial charge on any atom is -0.399 e. The summed E-state index contributed by atoms with van der Waals surface area (Å²) >= 11 is 0. The van der Waals surface area contributed by atoms with E-state index < -0.39 is 6.98 Å². The van der Waals surface area contributed by atoms with Crippen molar-refractivity contribution < 1.29 is 4.11 Å². The van der Waals surface area contributed by atoms with Gasteiger partial charge >= 0.3 is 0 Å². The molecule has 0 aliphatic carbocycles. The molecule has 0 atom stereocenters. The molecule has 0 saturated heterocycles. The lowest BCUT2D eigenvalue weighted by Crippen LogP contribution is -2.23. The molecule has 0 bridgehead atoms. The number of nitrogen functional groups attached to an aromatic ring is 1. The van der Waals surface area contributed by atoms with Gasteiger partial charge in [-0.25, -0.2) is 0 Å². The summed E-state index contributed by atoms with van der Waals surface area (Å²) in [6, 6.07) is 5.79. The van der Waals surface area contributed by atoms with Crippen LogP contribution in [0.25, 0.3) is 16.5 Å². The second-order valence-electron chi connectivity index (χ2n) is 4.43. The Morgan fingerprint density at radius 1 is 1.47 bits per heavy atom. The molecule has 0 spiro atoms. The van der Waals surface area contributed by atoms with E-state index in [1.165, 1.54) is 10.5 Å². The molecule has 3 rings (SSSR count). The lowest BCUT2D eigenvalue weighted by molar-refractivity contribution is 0.370. The minimum absolute atomic E-state index is 0.459. The van der Waals surface area contributed by atoms with Crippen molar-refractivity contribution in [1.29, 1.82) is 0 Å². The summed E-state index contributed by atoms with van der Waals surface area (Å²) in [6.45, 7) is -0.995. The van der Waals surface area contributed by atoms with Crippen LogP contribution in [0.15, 0.2) is 30.5 Å². The Kier molecular flexibility index (Phi) is 1.75. The molecule has 0 fully saturated rings. The van der Waals surface area contributed by atoms with E-state index >= 15 is 0 Å². The molecule has 17 heavy (non-hydrogen) atoms. The van der Waals surface area contributed by atoms with E-state index in [-0.39, 0.29) is 0 Å². The molecule has 0 saturated carbocycles. The summed E-state index contributed by atoms with van der Waals surface area (Å²) in [6.07, 6.45) is 4.71. The summed E-state index contributed by atoms with van der Waals surface area (Å²) in [5, 5.41) is 1.10. The highest BCUT2D eigenvalue weighted by Crippen LogP contribution is 2.29. The first-order valence-electron chi connectivity index (χ1n) is 7.26. The second-order valence-corrected chi connectivity index (χ2v) is 4.43. The standard InChI is InChI=1S/C14H17N3/c1-17-6-4-10(5-7-17)13-9-16-14-3-2-11(15)8-12(13)14/h2-4,8-9,16H,5-7,15H2,1H3/i1D3. The summed E-state index contributed by atoms with van der Waals surface area (Å²) in [5.74, 6) is 0. The third-order valence-corrected chi connectivity index (χ3v) is 3.26. The van der Waals surface area contributed by atoms with Crippen LogP contribution in [0.3, 0.4) is 0 Å². The Hall–Kier alpha value is -1.74. The quantitative estimate of drug-likeness (QED) is 0.739. The maximum atomic E-state index is 7.43. The Labute approximate surface area is 105 Å². The van der Waals surface area contributed by atoms with Gasteiger partial charge < -0.3 is 15.6 Å². The van der Waals surface area contributed by atoms with Crippen LogP contribution in [0.5, 0.6) is 0 Å². The average Bonchev–Trinajstić information content (AvgIpc) is 2.81. The van der Waals surface area contributed by atoms with Crippen molar-refractivity contribution in [2.75, 3.05) is 25.8 Å². The zero-order chi connectivity index (χ0) is 14.3. The zero-order valence-corrected chi connectivity index (χ0v) is 9.53. The van der Waals surface area contributed by atoms with Gasteiger partial charge in [0.05, 0.1) is 0 Å². The van der Waals surface area contributed by atoms with E-state index in [2.05, 4.69) is 4.98 Å². The summed E-state index contributed by atoms with van der Waals surface area (Å²) in [4.78, 5) is 4.75. The molecule has 0 radical (unpaired) electrons. The van der Waals surface area contributed by atoms with Crippen LogP contribution < -0.4 is 5.73 Å². The molecule has 0 amide bonds. The number of benzene rings is 1. The number of fused-ring (bicyclic) bond motifs is 1. The van der Waals surface area contributed by atoms with Crippen LogP contribution in [-0.2, 0) is 0 Å². The topological polar surface area (TPSA) is 45.0 Å². The van der Waals surface area contributed by atoms with Crippen LogP contribution in [-0.4, -0.2) is 29.9 Å². The molecular formula is C14H17N3. The highest BCUT2D eigenvalue weighted by atomic mass is 15.1. The molecule has 3 heteroatoms. The predicted octanol–water partition coefficient (Wildman–Crippen LogP) is 2.47. The first-order valence-corrected chi connectivity index (χ1v) is 5.76. The molecule has 2 aromatic rings. The SMILES string of the molecule is [2H]C([2H])([2H])N1CC=C(c2c[nH]c3ccc(N)cc23)CC1. The van der Waals surface area contributed by atoms with Gasteiger partial charge in [-0.1, -0.05) is 6.08 Å². The van der Waals surface area contributed by atoms with Crippen molar-refractivity contribution in [2.45, 2.75) is 6.42 Å². The Morgan fingerprint density at radius 2 is 2.41 bits per heavy atom. The number of H-pyrrole nitrogens is 1. The molecule has 1 aromatic carbocycles. The summed E-state index contributed by atoms with van der Waals surface area (Å²) in [5.41, 5.74) is 9.93. The van der Waals surface area contributed by atoms with Gasteiger partial charge in [0.25, 0.3) is 0 Å². The number of anilines is 1. The van der Waals surface area contributed by atoms with Crippen LogP contribution in [0.4, 0.5) is 5.69 Å². The minimum atomic E-state index is -2.01. The fourth-order valence-electron chi connectivity index (χ4n) is 2.32. The van der Waals surface area contributed by atoms with Gasteiger partial charge in [0, 0.05) is 45.6 Å². The van der Waals surface area contributed by atoms with Crippen molar-refractivity contribution in [3.8, 4) is 0 Å². The van der Waals surface area contributed by atoms with E-state index in [0.717, 1.165) is 28.6 Å². The molecule has 2 heterocycles. The zero-order valence-electron chi connectivity index (χ0n) is 12.5. The van der Waals surface area contributed by atoms with Gasteiger partial charge in [0.1, 0.15) is 0 Å². The number of nitrogens with one attached hydrogen (secondary N) is 1. The second kappa shape index (κ2) is 3.93. The molecule has 3 N–H and O–H groups in total. The first kappa shape index (κ1) is 7.56. The number of nitrogens with two attached hydrogens (primary N) is 1. The maximum absolute atomic E-state index is 7.43. The van der Waals surface area contributed by atoms with Crippen molar-refractivity contribution in [3.63, 3.8) is 0 Å². The van der Waals surface area contributed by atoms with E-state index in [0.29, 0.717) is 13.1 Å². The van der Waals surface area contributed by atoms with Crippen molar-refractivity contribution >= 4 is 22.2 Å². The smallest absolute Gasteiger partial charge is 0.0461 e. The van der Waals surface area contributed by atoms with Crippen LogP contribution >= 0.6 is 0 Å². The Bertz CT molecular complexity index is 670. The fraction of sp³-hybridized carbons (Fsp3) is 0.286.